The number of hydrogen-bond donors (Lipinski definition) is 0. The molecule has 1 aliphatic rings. The summed E-state index contributed by atoms with van der Waals surface area (Å²) in [6.07, 6.45) is 4.44. The van der Waals surface area contributed by atoms with E-state index < -0.39 is 5.92 Å². The van der Waals surface area contributed by atoms with Crippen molar-refractivity contribution in [3.8, 4) is 0 Å². The van der Waals surface area contributed by atoms with E-state index in [1.807, 2.05) is 0 Å². The normalized spacial score (nSPS) is 20.3. The smallest absolute Gasteiger partial charge is 0.282 e. The summed E-state index contributed by atoms with van der Waals surface area (Å²) in [5.74, 6) is -2.53. The summed E-state index contributed by atoms with van der Waals surface area (Å²) in [7, 11) is 0. The van der Waals surface area contributed by atoms with E-state index in [4.69, 9.17) is 0 Å². The Morgan fingerprint density at radius 1 is 1.25 bits per heavy atom. The number of halogens is 2. The second kappa shape index (κ2) is 2.36. The number of rotatable bonds is 1. The minimum absolute atomic E-state index is 0.222. The third kappa shape index (κ3) is 1.22. The van der Waals surface area contributed by atoms with Crippen LogP contribution in [-0.2, 0) is 0 Å². The van der Waals surface area contributed by atoms with E-state index in [1.165, 1.54) is 18.7 Å². The maximum absolute atomic E-state index is 12.4. The molecule has 0 bridgehead atoms. The van der Waals surface area contributed by atoms with Gasteiger partial charge in [-0.25, -0.2) is 18.7 Å². The van der Waals surface area contributed by atoms with E-state index in [2.05, 4.69) is 9.97 Å². The molecule has 0 aromatic carbocycles. The molecular weight excluding hydrogens is 164 g/mol. The van der Waals surface area contributed by atoms with Gasteiger partial charge in [-0.3, -0.25) is 0 Å². The topological polar surface area (TPSA) is 29.0 Å². The third-order valence-corrected chi connectivity index (χ3v) is 1.76. The Morgan fingerprint density at radius 2 is 1.83 bits per heavy atom. The molecule has 0 atom stereocenters. The molecule has 1 fully saturated rings. The van der Waals surface area contributed by atoms with Crippen LogP contribution >= 0.6 is 0 Å². The van der Waals surface area contributed by atoms with Gasteiger partial charge in [0, 0.05) is 0 Å². The van der Waals surface area contributed by atoms with Crippen LogP contribution in [0.25, 0.3) is 0 Å². The molecule has 0 spiro atoms. The Balaban J connectivity index is 2.06. The summed E-state index contributed by atoms with van der Waals surface area (Å²) in [6, 6.07) is 0. The van der Waals surface area contributed by atoms with Crippen LogP contribution < -0.4 is 4.90 Å². The first-order valence-electron chi connectivity index (χ1n) is 3.55. The second-order valence-corrected chi connectivity index (χ2v) is 2.81. The number of anilines is 1. The monoisotopic (exact) mass is 171 g/mol. The molecule has 3 nitrogen and oxygen atoms in total. The van der Waals surface area contributed by atoms with E-state index in [1.54, 1.807) is 4.90 Å². The van der Waals surface area contributed by atoms with Crippen molar-refractivity contribution in [1.82, 2.24) is 9.97 Å². The van der Waals surface area contributed by atoms with Crippen molar-refractivity contribution < 1.29 is 8.78 Å². The van der Waals surface area contributed by atoms with Crippen molar-refractivity contribution in [3.05, 3.63) is 18.7 Å². The van der Waals surface area contributed by atoms with Gasteiger partial charge in [0.05, 0.1) is 31.2 Å². The molecule has 0 unspecified atom stereocenters. The van der Waals surface area contributed by atoms with E-state index in [0.29, 0.717) is 5.69 Å². The van der Waals surface area contributed by atoms with Crippen molar-refractivity contribution in [2.75, 3.05) is 18.0 Å². The van der Waals surface area contributed by atoms with E-state index >= 15 is 0 Å². The minimum Gasteiger partial charge on any atom is -0.357 e. The molecule has 0 N–H and O–H groups in total. The summed E-state index contributed by atoms with van der Waals surface area (Å²) >= 11 is 0. The summed E-state index contributed by atoms with van der Waals surface area (Å²) in [5, 5.41) is 0. The van der Waals surface area contributed by atoms with Crippen LogP contribution in [0, 0.1) is 0 Å². The quantitative estimate of drug-likeness (QED) is 0.629. The molecule has 1 saturated heterocycles. The summed E-state index contributed by atoms with van der Waals surface area (Å²) < 4.78 is 24.8. The fraction of sp³-hybridized carbons (Fsp3) is 0.429. The molecular formula is C7H7F2N3. The summed E-state index contributed by atoms with van der Waals surface area (Å²) in [5.41, 5.74) is 0.656. The molecule has 0 radical (unpaired) electrons. The first-order chi connectivity index (χ1) is 5.67. The summed E-state index contributed by atoms with van der Waals surface area (Å²) in [6.45, 7) is -0.444. The molecule has 1 aliphatic heterocycles. The fourth-order valence-corrected chi connectivity index (χ4v) is 1.15. The first-order valence-corrected chi connectivity index (χ1v) is 3.55. The van der Waals surface area contributed by atoms with E-state index in [9.17, 15) is 8.78 Å². The van der Waals surface area contributed by atoms with Crippen LogP contribution in [-0.4, -0.2) is 29.0 Å². The maximum Gasteiger partial charge on any atom is 0.282 e. The third-order valence-electron chi connectivity index (χ3n) is 1.76. The zero-order valence-corrected chi connectivity index (χ0v) is 6.24. The van der Waals surface area contributed by atoms with Gasteiger partial charge in [0.15, 0.2) is 0 Å². The Morgan fingerprint density at radius 3 is 2.33 bits per heavy atom. The highest BCUT2D eigenvalue weighted by Crippen LogP contribution is 2.30. The van der Waals surface area contributed by atoms with Crippen molar-refractivity contribution in [1.29, 1.82) is 0 Å². The maximum atomic E-state index is 12.4. The lowest BCUT2D eigenvalue weighted by Gasteiger charge is -2.39. The van der Waals surface area contributed by atoms with Gasteiger partial charge in [0.25, 0.3) is 5.92 Å². The lowest BCUT2D eigenvalue weighted by Crippen LogP contribution is -2.56. The second-order valence-electron chi connectivity index (χ2n) is 2.81. The molecule has 64 valence electrons. The van der Waals surface area contributed by atoms with Crippen LogP contribution in [0.4, 0.5) is 14.5 Å². The van der Waals surface area contributed by atoms with Crippen LogP contribution in [0.2, 0.25) is 0 Å². The number of nitrogens with zero attached hydrogens (tertiary/aromatic N) is 3. The predicted molar refractivity (Wildman–Crippen MR) is 39.2 cm³/mol. The molecule has 12 heavy (non-hydrogen) atoms. The van der Waals surface area contributed by atoms with Crippen LogP contribution in [0.1, 0.15) is 0 Å². The largest absolute Gasteiger partial charge is 0.357 e. The van der Waals surface area contributed by atoms with Crippen molar-refractivity contribution in [2.45, 2.75) is 5.92 Å². The number of alkyl halides is 2. The van der Waals surface area contributed by atoms with E-state index in [0.717, 1.165) is 0 Å². The number of aromatic nitrogens is 2. The van der Waals surface area contributed by atoms with E-state index in [-0.39, 0.29) is 13.1 Å². The lowest BCUT2D eigenvalue weighted by molar-refractivity contribution is -0.0263. The van der Waals surface area contributed by atoms with Gasteiger partial charge in [0.1, 0.15) is 6.33 Å². The summed E-state index contributed by atoms with van der Waals surface area (Å²) in [4.78, 5) is 9.02. The average molecular weight is 171 g/mol. The van der Waals surface area contributed by atoms with Gasteiger partial charge in [-0.05, 0) is 0 Å². The minimum atomic E-state index is -2.53. The lowest BCUT2D eigenvalue weighted by atomic mass is 10.1. The highest BCUT2D eigenvalue weighted by atomic mass is 19.3. The molecule has 0 saturated carbocycles. The molecule has 0 aliphatic carbocycles. The van der Waals surface area contributed by atoms with Crippen LogP contribution in [0.3, 0.4) is 0 Å². The fourth-order valence-electron chi connectivity index (χ4n) is 1.15. The molecule has 2 rings (SSSR count). The zero-order valence-electron chi connectivity index (χ0n) is 6.24. The van der Waals surface area contributed by atoms with Crippen molar-refractivity contribution >= 4 is 5.69 Å². The molecule has 1 aromatic rings. The predicted octanol–water partition coefficient (Wildman–Crippen LogP) is 0.932. The molecule has 1 aromatic heterocycles. The molecule has 5 heteroatoms. The first kappa shape index (κ1) is 7.39. The molecule has 0 amide bonds. The van der Waals surface area contributed by atoms with Gasteiger partial charge in [-0.2, -0.15) is 0 Å². The Kier molecular flexibility index (Phi) is 1.46. The van der Waals surface area contributed by atoms with Gasteiger partial charge in [-0.1, -0.05) is 0 Å². The van der Waals surface area contributed by atoms with Crippen molar-refractivity contribution in [2.24, 2.45) is 0 Å². The highest BCUT2D eigenvalue weighted by Gasteiger charge is 2.44. The Hall–Kier alpha value is -1.26. The average Bonchev–Trinajstić information content (AvgIpc) is 2.02. The van der Waals surface area contributed by atoms with Gasteiger partial charge in [-0.15, -0.1) is 0 Å². The van der Waals surface area contributed by atoms with Crippen LogP contribution in [0.15, 0.2) is 18.7 Å². The van der Waals surface area contributed by atoms with Gasteiger partial charge < -0.3 is 4.90 Å². The SMILES string of the molecule is FC1(F)CN(c2cncnc2)C1. The van der Waals surface area contributed by atoms with Gasteiger partial charge >= 0.3 is 0 Å². The van der Waals surface area contributed by atoms with Gasteiger partial charge in [0.2, 0.25) is 0 Å². The highest BCUT2D eigenvalue weighted by molar-refractivity contribution is 5.45. The number of hydrogen-bond acceptors (Lipinski definition) is 3. The van der Waals surface area contributed by atoms with Crippen molar-refractivity contribution in [3.63, 3.8) is 0 Å². The Labute approximate surface area is 68.1 Å². The molecule has 2 heterocycles. The Bertz CT molecular complexity index is 267. The standard InChI is InChI=1S/C7H7F2N3/c8-7(9)3-12(4-7)6-1-10-5-11-2-6/h1-2,5H,3-4H2. The zero-order chi connectivity index (χ0) is 8.60. The van der Waals surface area contributed by atoms with Crippen LogP contribution in [0.5, 0.6) is 0 Å².